The number of likely N-dealkylation sites (N-methyl/N-ethyl adjacent to an activating group) is 1. The molecule has 19 heavy (non-hydrogen) atoms. The van der Waals surface area contributed by atoms with Gasteiger partial charge in [0, 0.05) is 19.2 Å². The summed E-state index contributed by atoms with van der Waals surface area (Å²) in [4.78, 5) is 12.7. The van der Waals surface area contributed by atoms with Crippen LogP contribution in [0.3, 0.4) is 0 Å². The van der Waals surface area contributed by atoms with Gasteiger partial charge in [0.25, 0.3) is 0 Å². The monoisotopic (exact) mass is 274 g/mol. The summed E-state index contributed by atoms with van der Waals surface area (Å²) in [5.41, 5.74) is 4.65. The number of carbonyl (C=O) groups is 1. The van der Waals surface area contributed by atoms with Crippen molar-refractivity contribution in [2.75, 3.05) is 13.6 Å². The van der Waals surface area contributed by atoms with Gasteiger partial charge in [-0.05, 0) is 6.07 Å². The Kier molecular flexibility index (Phi) is 3.40. The fourth-order valence-electron chi connectivity index (χ4n) is 2.16. The van der Waals surface area contributed by atoms with Gasteiger partial charge in [0.05, 0.1) is 11.6 Å². The quantitative estimate of drug-likeness (QED) is 0.899. The van der Waals surface area contributed by atoms with Crippen molar-refractivity contribution in [1.29, 1.82) is 0 Å². The highest BCUT2D eigenvalue weighted by Crippen LogP contribution is 2.39. The Bertz CT molecular complexity index is 490. The lowest BCUT2D eigenvalue weighted by Gasteiger charge is -2.22. The number of amides is 1. The minimum absolute atomic E-state index is 0.0269. The molecule has 1 heterocycles. The van der Waals surface area contributed by atoms with E-state index in [-0.39, 0.29) is 12.1 Å². The van der Waals surface area contributed by atoms with E-state index in [4.69, 9.17) is 10.5 Å². The molecule has 0 saturated carbocycles. The maximum absolute atomic E-state index is 12.9. The van der Waals surface area contributed by atoms with Crippen molar-refractivity contribution in [3.63, 3.8) is 0 Å². The average Bonchev–Trinajstić information content (AvgIpc) is 2.64. The summed E-state index contributed by atoms with van der Waals surface area (Å²) in [5, 5.41) is 0. The van der Waals surface area contributed by atoms with Gasteiger partial charge >= 0.3 is 12.3 Å². The average molecular weight is 274 g/mol. The maximum Gasteiger partial charge on any atom is 0.416 e. The van der Waals surface area contributed by atoms with Crippen LogP contribution in [0.15, 0.2) is 24.3 Å². The normalized spacial score (nSPS) is 23.6. The molecule has 1 aliphatic heterocycles. The predicted octanol–water partition coefficient (Wildman–Crippen LogP) is 2.16. The second-order valence-corrected chi connectivity index (χ2v) is 4.30. The number of cyclic esters (lactones) is 1. The molecular formula is C12H13F3N2O2. The number of carbonyl (C=O) groups excluding carboxylic acids is 1. The lowest BCUT2D eigenvalue weighted by atomic mass is 9.97. The molecule has 2 atom stereocenters. The van der Waals surface area contributed by atoms with Crippen molar-refractivity contribution in [3.05, 3.63) is 35.4 Å². The number of halogens is 3. The van der Waals surface area contributed by atoms with Crippen molar-refractivity contribution in [2.24, 2.45) is 5.73 Å². The largest absolute Gasteiger partial charge is 0.439 e. The molecule has 1 aromatic rings. The molecule has 7 heteroatoms. The molecule has 1 saturated heterocycles. The van der Waals surface area contributed by atoms with Gasteiger partial charge < -0.3 is 15.4 Å². The summed E-state index contributed by atoms with van der Waals surface area (Å²) in [6.45, 7) is 0.0269. The second kappa shape index (κ2) is 4.73. The zero-order valence-electron chi connectivity index (χ0n) is 10.1. The zero-order valence-corrected chi connectivity index (χ0v) is 10.1. The third-order valence-electron chi connectivity index (χ3n) is 3.18. The highest BCUT2D eigenvalue weighted by molar-refractivity contribution is 5.71. The Balaban J connectivity index is 2.45. The van der Waals surface area contributed by atoms with E-state index in [0.717, 1.165) is 6.07 Å². The molecule has 0 aliphatic carbocycles. The summed E-state index contributed by atoms with van der Waals surface area (Å²) in [6, 6.07) is 4.45. The molecule has 1 amide bonds. The molecule has 0 radical (unpaired) electrons. The fourth-order valence-corrected chi connectivity index (χ4v) is 2.16. The molecule has 4 nitrogen and oxygen atoms in total. The first-order valence-electron chi connectivity index (χ1n) is 5.66. The third-order valence-corrected chi connectivity index (χ3v) is 3.18. The molecule has 2 unspecified atom stereocenters. The van der Waals surface area contributed by atoms with Crippen molar-refractivity contribution < 1.29 is 22.7 Å². The van der Waals surface area contributed by atoms with E-state index >= 15 is 0 Å². The molecule has 2 N–H and O–H groups in total. The SMILES string of the molecule is CN1C(=O)OC(c2ccccc2C(F)(F)F)C1CN. The number of nitrogens with two attached hydrogens (primary N) is 1. The van der Waals surface area contributed by atoms with Crippen LogP contribution in [0, 0.1) is 0 Å². The summed E-state index contributed by atoms with van der Waals surface area (Å²) >= 11 is 0. The highest BCUT2D eigenvalue weighted by Gasteiger charge is 2.44. The number of hydrogen-bond acceptors (Lipinski definition) is 3. The Morgan fingerprint density at radius 1 is 1.37 bits per heavy atom. The lowest BCUT2D eigenvalue weighted by molar-refractivity contribution is -0.139. The molecule has 2 rings (SSSR count). The van der Waals surface area contributed by atoms with Gasteiger partial charge in [-0.25, -0.2) is 4.79 Å². The standard InChI is InChI=1S/C12H13F3N2O2/c1-17-9(6-16)10(19-11(17)18)7-4-2-3-5-8(7)12(13,14)15/h2-5,9-10H,6,16H2,1H3. The van der Waals surface area contributed by atoms with Gasteiger partial charge in [0.2, 0.25) is 0 Å². The number of alkyl halides is 3. The van der Waals surface area contributed by atoms with Gasteiger partial charge in [-0.1, -0.05) is 18.2 Å². The summed E-state index contributed by atoms with van der Waals surface area (Å²) in [6.07, 6.45) is -6.17. The Morgan fingerprint density at radius 3 is 2.58 bits per heavy atom. The molecule has 0 bridgehead atoms. The van der Waals surface area contributed by atoms with Crippen LogP contribution in [-0.4, -0.2) is 30.6 Å². The summed E-state index contributed by atoms with van der Waals surface area (Å²) in [5.74, 6) is 0. The fraction of sp³-hybridized carbons (Fsp3) is 0.417. The predicted molar refractivity (Wildman–Crippen MR) is 61.3 cm³/mol. The van der Waals surface area contributed by atoms with Crippen LogP contribution in [0.4, 0.5) is 18.0 Å². The Morgan fingerprint density at radius 2 is 2.00 bits per heavy atom. The van der Waals surface area contributed by atoms with Gasteiger partial charge in [-0.15, -0.1) is 0 Å². The van der Waals surface area contributed by atoms with E-state index in [0.29, 0.717) is 0 Å². The number of hydrogen-bond donors (Lipinski definition) is 1. The van der Waals surface area contributed by atoms with Gasteiger partial charge in [-0.3, -0.25) is 0 Å². The van der Waals surface area contributed by atoms with E-state index in [1.165, 1.54) is 30.1 Å². The van der Waals surface area contributed by atoms with Crippen LogP contribution < -0.4 is 5.73 Å². The molecule has 0 aromatic heterocycles. The first-order valence-corrected chi connectivity index (χ1v) is 5.66. The van der Waals surface area contributed by atoms with E-state index in [9.17, 15) is 18.0 Å². The van der Waals surface area contributed by atoms with Crippen LogP contribution in [0.25, 0.3) is 0 Å². The molecule has 1 aliphatic rings. The van der Waals surface area contributed by atoms with Crippen LogP contribution in [-0.2, 0) is 10.9 Å². The first kappa shape index (κ1) is 13.7. The molecule has 1 fully saturated rings. The second-order valence-electron chi connectivity index (χ2n) is 4.30. The minimum atomic E-state index is -4.50. The molecule has 104 valence electrons. The lowest BCUT2D eigenvalue weighted by Crippen LogP contribution is -2.37. The van der Waals surface area contributed by atoms with Crippen LogP contribution in [0.2, 0.25) is 0 Å². The third kappa shape index (κ3) is 2.37. The first-order chi connectivity index (χ1) is 8.86. The van der Waals surface area contributed by atoms with Crippen LogP contribution in [0.5, 0.6) is 0 Å². The van der Waals surface area contributed by atoms with E-state index < -0.39 is 30.0 Å². The number of benzene rings is 1. The number of nitrogens with zero attached hydrogens (tertiary/aromatic N) is 1. The van der Waals surface area contributed by atoms with E-state index in [1.54, 1.807) is 0 Å². The van der Waals surface area contributed by atoms with Gasteiger partial charge in [0.15, 0.2) is 6.10 Å². The Labute approximate surface area is 107 Å². The zero-order chi connectivity index (χ0) is 14.2. The van der Waals surface area contributed by atoms with Crippen molar-refractivity contribution >= 4 is 6.09 Å². The minimum Gasteiger partial charge on any atom is -0.439 e. The highest BCUT2D eigenvalue weighted by atomic mass is 19.4. The van der Waals surface area contributed by atoms with Crippen LogP contribution in [0.1, 0.15) is 17.2 Å². The van der Waals surface area contributed by atoms with Gasteiger partial charge in [-0.2, -0.15) is 13.2 Å². The Hall–Kier alpha value is -1.76. The van der Waals surface area contributed by atoms with Crippen molar-refractivity contribution in [1.82, 2.24) is 4.90 Å². The summed E-state index contributed by atoms with van der Waals surface area (Å²) in [7, 11) is 1.45. The van der Waals surface area contributed by atoms with E-state index in [2.05, 4.69) is 0 Å². The van der Waals surface area contributed by atoms with Crippen LogP contribution >= 0.6 is 0 Å². The number of rotatable bonds is 2. The van der Waals surface area contributed by atoms with E-state index in [1.807, 2.05) is 0 Å². The van der Waals surface area contributed by atoms with Gasteiger partial charge in [0.1, 0.15) is 0 Å². The molecular weight excluding hydrogens is 261 g/mol. The smallest absolute Gasteiger partial charge is 0.416 e. The van der Waals surface area contributed by atoms with Crippen molar-refractivity contribution in [2.45, 2.75) is 18.3 Å². The number of ether oxygens (including phenoxy) is 1. The molecule has 0 spiro atoms. The topological polar surface area (TPSA) is 55.6 Å². The maximum atomic E-state index is 12.9. The molecule has 1 aromatic carbocycles. The van der Waals surface area contributed by atoms with Crippen molar-refractivity contribution in [3.8, 4) is 0 Å². The summed E-state index contributed by atoms with van der Waals surface area (Å²) < 4.78 is 43.8.